The van der Waals surface area contributed by atoms with Gasteiger partial charge in [0.25, 0.3) is 11.8 Å². The van der Waals surface area contributed by atoms with Crippen LogP contribution >= 0.6 is 0 Å². The molecule has 6 heteroatoms. The quantitative estimate of drug-likeness (QED) is 0.159. The van der Waals surface area contributed by atoms with Crippen LogP contribution in [-0.2, 0) is 0 Å². The van der Waals surface area contributed by atoms with Crippen molar-refractivity contribution in [3.05, 3.63) is 204 Å². The zero-order valence-electron chi connectivity index (χ0n) is 30.9. The molecule has 0 bridgehead atoms. The van der Waals surface area contributed by atoms with E-state index in [2.05, 4.69) is 28.8 Å². The summed E-state index contributed by atoms with van der Waals surface area (Å²) in [5.41, 5.74) is 12.0. The molecule has 8 aromatic carbocycles. The van der Waals surface area contributed by atoms with E-state index in [0.29, 0.717) is 33.6 Å². The molecule has 0 unspecified atom stereocenters. The highest BCUT2D eigenvalue weighted by molar-refractivity contribution is 6.36. The van der Waals surface area contributed by atoms with E-state index in [-0.39, 0.29) is 5.91 Å². The number of rotatable bonds is 6. The molecule has 2 heterocycles. The second-order valence-electron chi connectivity index (χ2n) is 14.3. The van der Waals surface area contributed by atoms with Crippen molar-refractivity contribution >= 4 is 39.3 Å². The molecule has 10 rings (SSSR count). The Balaban J connectivity index is 1.17. The number of hydrogen-bond donors (Lipinski definition) is 0. The van der Waals surface area contributed by atoms with Gasteiger partial charge in [-0.15, -0.1) is 0 Å². The molecule has 6 nitrogen and oxygen atoms in total. The Labute approximate surface area is 334 Å². The van der Waals surface area contributed by atoms with Gasteiger partial charge in [0.2, 0.25) is 0 Å². The molecule has 0 saturated heterocycles. The average molecular weight is 743 g/mol. The lowest BCUT2D eigenvalue weighted by atomic mass is 9.97. The van der Waals surface area contributed by atoms with Crippen molar-refractivity contribution < 1.29 is 9.59 Å². The van der Waals surface area contributed by atoms with Crippen molar-refractivity contribution in [2.75, 3.05) is 4.90 Å². The van der Waals surface area contributed by atoms with Gasteiger partial charge in [-0.05, 0) is 112 Å². The van der Waals surface area contributed by atoms with E-state index in [4.69, 9.17) is 0 Å². The van der Waals surface area contributed by atoms with E-state index >= 15 is 0 Å². The standard InChI is InChI=1S/C52H30N4O2/c53-31-33-10-7-16-37(26-33)40-21-24-47-44(29-40)45-30-41(38-17-8-11-34(27-38)32-54)22-25-48(45)55(47)49-19-9-18-42-50(49)52(58)56(51(42)57)46-23-20-39(35-12-3-1-4-13-35)28-43(46)36-14-5-2-6-15-36/h1-30H. The fraction of sp³-hybridized carbons (Fsp3) is 0. The number of anilines is 1. The number of hydrogen-bond acceptors (Lipinski definition) is 4. The van der Waals surface area contributed by atoms with E-state index in [1.807, 2.05) is 152 Å². The van der Waals surface area contributed by atoms with Crippen LogP contribution in [0.2, 0.25) is 0 Å². The summed E-state index contributed by atoms with van der Waals surface area (Å²) in [6, 6.07) is 63.1. The van der Waals surface area contributed by atoms with Crippen molar-refractivity contribution in [1.82, 2.24) is 4.57 Å². The first-order chi connectivity index (χ1) is 28.5. The summed E-state index contributed by atoms with van der Waals surface area (Å²) in [4.78, 5) is 30.8. The second kappa shape index (κ2) is 13.8. The van der Waals surface area contributed by atoms with Crippen LogP contribution in [0.3, 0.4) is 0 Å². The Morgan fingerprint density at radius 3 is 1.47 bits per heavy atom. The van der Waals surface area contributed by atoms with E-state index < -0.39 is 5.91 Å². The number of imide groups is 1. The van der Waals surface area contributed by atoms with Crippen LogP contribution in [0, 0.1) is 22.7 Å². The highest BCUT2D eigenvalue weighted by Gasteiger charge is 2.40. The average Bonchev–Trinajstić information content (AvgIpc) is 3.75. The molecule has 0 fully saturated rings. The minimum Gasteiger partial charge on any atom is -0.308 e. The van der Waals surface area contributed by atoms with Crippen molar-refractivity contribution in [2.24, 2.45) is 0 Å². The summed E-state index contributed by atoms with van der Waals surface area (Å²) < 4.78 is 2.07. The second-order valence-corrected chi connectivity index (χ2v) is 14.3. The summed E-state index contributed by atoms with van der Waals surface area (Å²) in [6.45, 7) is 0. The number of amides is 2. The molecule has 1 aliphatic rings. The third-order valence-corrected chi connectivity index (χ3v) is 11.0. The Morgan fingerprint density at radius 1 is 0.379 bits per heavy atom. The molecule has 0 atom stereocenters. The van der Waals surface area contributed by atoms with Crippen LogP contribution in [0.4, 0.5) is 5.69 Å². The molecule has 0 radical (unpaired) electrons. The van der Waals surface area contributed by atoms with Crippen LogP contribution in [0.5, 0.6) is 0 Å². The summed E-state index contributed by atoms with van der Waals surface area (Å²) in [5.74, 6) is -0.781. The predicted molar refractivity (Wildman–Crippen MR) is 230 cm³/mol. The maximum absolute atomic E-state index is 15.0. The fourth-order valence-corrected chi connectivity index (χ4v) is 8.24. The van der Waals surface area contributed by atoms with E-state index in [1.165, 1.54) is 4.90 Å². The van der Waals surface area contributed by atoms with Gasteiger partial charge in [0.15, 0.2) is 0 Å². The number of fused-ring (bicyclic) bond motifs is 4. The van der Waals surface area contributed by atoms with Gasteiger partial charge in [0.05, 0.1) is 56.8 Å². The Hall–Kier alpha value is -8.32. The fourth-order valence-electron chi connectivity index (χ4n) is 8.24. The molecular weight excluding hydrogens is 713 g/mol. The van der Waals surface area contributed by atoms with Crippen molar-refractivity contribution in [3.8, 4) is 62.3 Å². The van der Waals surface area contributed by atoms with Crippen LogP contribution in [0.1, 0.15) is 31.8 Å². The minimum atomic E-state index is -0.398. The first-order valence-electron chi connectivity index (χ1n) is 18.9. The zero-order valence-corrected chi connectivity index (χ0v) is 30.9. The van der Waals surface area contributed by atoms with Gasteiger partial charge in [0, 0.05) is 16.3 Å². The van der Waals surface area contributed by atoms with Crippen molar-refractivity contribution in [2.45, 2.75) is 0 Å². The molecule has 0 spiro atoms. The molecule has 1 aromatic heterocycles. The SMILES string of the molecule is N#Cc1cccc(-c2ccc3c(c2)c2cc(-c4cccc(C#N)c4)ccc2n3-c2cccc3c2C(=O)N(c2ccc(-c4ccccc4)cc2-c2ccccc2)C3=O)c1. The monoisotopic (exact) mass is 742 g/mol. The smallest absolute Gasteiger partial charge is 0.268 e. The maximum Gasteiger partial charge on any atom is 0.268 e. The molecule has 0 saturated carbocycles. The molecular formula is C52H30N4O2. The van der Waals surface area contributed by atoms with Crippen molar-refractivity contribution in [1.29, 1.82) is 10.5 Å². The Morgan fingerprint density at radius 2 is 0.879 bits per heavy atom. The minimum absolute atomic E-state index is 0.328. The molecule has 1 aliphatic heterocycles. The highest BCUT2D eigenvalue weighted by atomic mass is 16.2. The number of nitriles is 2. The third-order valence-electron chi connectivity index (χ3n) is 11.0. The number of carbonyl (C=O) groups excluding carboxylic acids is 2. The molecule has 0 aliphatic carbocycles. The summed E-state index contributed by atoms with van der Waals surface area (Å²) in [7, 11) is 0. The largest absolute Gasteiger partial charge is 0.308 e. The van der Waals surface area contributed by atoms with Crippen LogP contribution < -0.4 is 4.90 Å². The molecule has 0 N–H and O–H groups in total. The van der Waals surface area contributed by atoms with Crippen LogP contribution in [-0.4, -0.2) is 16.4 Å². The molecule has 58 heavy (non-hydrogen) atoms. The van der Waals surface area contributed by atoms with E-state index in [0.717, 1.165) is 66.3 Å². The topological polar surface area (TPSA) is 89.9 Å². The van der Waals surface area contributed by atoms with Crippen LogP contribution in [0.25, 0.3) is 72.0 Å². The lowest BCUT2D eigenvalue weighted by Gasteiger charge is -2.20. The van der Waals surface area contributed by atoms with Crippen LogP contribution in [0.15, 0.2) is 182 Å². The maximum atomic E-state index is 15.0. The lowest BCUT2D eigenvalue weighted by molar-refractivity contribution is 0.0926. The highest BCUT2D eigenvalue weighted by Crippen LogP contribution is 2.43. The first-order valence-corrected chi connectivity index (χ1v) is 18.9. The number of nitrogens with zero attached hydrogens (tertiary/aromatic N) is 4. The number of carbonyl (C=O) groups is 2. The third kappa shape index (κ3) is 5.56. The van der Waals surface area contributed by atoms with Gasteiger partial charge < -0.3 is 4.57 Å². The van der Waals surface area contributed by atoms with E-state index in [1.54, 1.807) is 18.2 Å². The summed E-state index contributed by atoms with van der Waals surface area (Å²) >= 11 is 0. The first kappa shape index (κ1) is 34.2. The van der Waals surface area contributed by atoms with Gasteiger partial charge in [-0.3, -0.25) is 9.59 Å². The molecule has 270 valence electrons. The molecule has 2 amide bonds. The van der Waals surface area contributed by atoms with Gasteiger partial charge in [0.1, 0.15) is 0 Å². The van der Waals surface area contributed by atoms with Crippen molar-refractivity contribution in [3.63, 3.8) is 0 Å². The summed E-state index contributed by atoms with van der Waals surface area (Å²) in [5, 5.41) is 21.1. The van der Waals surface area contributed by atoms with Gasteiger partial charge >= 0.3 is 0 Å². The summed E-state index contributed by atoms with van der Waals surface area (Å²) in [6.07, 6.45) is 0. The Bertz CT molecular complexity index is 3130. The predicted octanol–water partition coefficient (Wildman–Crippen LogP) is 12.0. The Kier molecular flexibility index (Phi) is 8.11. The molecule has 9 aromatic rings. The normalized spacial score (nSPS) is 12.1. The van der Waals surface area contributed by atoms with Gasteiger partial charge in [-0.25, -0.2) is 4.90 Å². The number of benzene rings is 8. The lowest BCUT2D eigenvalue weighted by Crippen LogP contribution is -2.30. The number of aromatic nitrogens is 1. The van der Waals surface area contributed by atoms with E-state index in [9.17, 15) is 20.1 Å². The van der Waals surface area contributed by atoms with Gasteiger partial charge in [-0.1, -0.05) is 109 Å². The zero-order chi connectivity index (χ0) is 39.3. The van der Waals surface area contributed by atoms with Gasteiger partial charge in [-0.2, -0.15) is 10.5 Å².